The molecule has 0 radical (unpaired) electrons. The molecular formula is C14H13N3O5S. The number of nitrogens with zero attached hydrogens (tertiary/aromatic N) is 2. The van der Waals surface area contributed by atoms with Crippen molar-refractivity contribution >= 4 is 27.5 Å². The van der Waals surface area contributed by atoms with E-state index in [4.69, 9.17) is 4.52 Å². The summed E-state index contributed by atoms with van der Waals surface area (Å²) in [5.41, 5.74) is 0.457. The van der Waals surface area contributed by atoms with Gasteiger partial charge in [0.1, 0.15) is 5.69 Å². The van der Waals surface area contributed by atoms with Gasteiger partial charge in [0.25, 0.3) is 21.8 Å². The topological polar surface area (TPSA) is 110 Å². The third kappa shape index (κ3) is 2.20. The zero-order valence-electron chi connectivity index (χ0n) is 12.6. The fraction of sp³-hybridized carbons (Fsp3) is 0.214. The molecule has 2 heterocycles. The van der Waals surface area contributed by atoms with Gasteiger partial charge in [0.2, 0.25) is 0 Å². The van der Waals surface area contributed by atoms with Crippen molar-refractivity contribution in [1.29, 1.82) is 0 Å². The second-order valence-electron chi connectivity index (χ2n) is 5.16. The number of carbonyl (C=O) groups is 2. The van der Waals surface area contributed by atoms with Crippen molar-refractivity contribution in [3.63, 3.8) is 0 Å². The van der Waals surface area contributed by atoms with Gasteiger partial charge in [0.15, 0.2) is 10.7 Å². The molecule has 1 N–H and O–H groups in total. The highest BCUT2D eigenvalue weighted by molar-refractivity contribution is 7.92. The Labute approximate surface area is 132 Å². The summed E-state index contributed by atoms with van der Waals surface area (Å²) in [6.07, 6.45) is 0. The lowest BCUT2D eigenvalue weighted by Gasteiger charge is -2.10. The molecule has 0 saturated carbocycles. The Balaban J connectivity index is 2.10. The maximum absolute atomic E-state index is 12.6. The fourth-order valence-corrected chi connectivity index (χ4v) is 3.94. The van der Waals surface area contributed by atoms with E-state index in [1.165, 1.54) is 39.1 Å². The van der Waals surface area contributed by atoms with Gasteiger partial charge in [-0.1, -0.05) is 11.2 Å². The number of sulfonamides is 1. The average Bonchev–Trinajstić information content (AvgIpc) is 2.93. The highest BCUT2D eigenvalue weighted by Crippen LogP contribution is 2.31. The van der Waals surface area contributed by atoms with Crippen LogP contribution in [0.5, 0.6) is 0 Å². The van der Waals surface area contributed by atoms with Crippen molar-refractivity contribution in [2.24, 2.45) is 0 Å². The standard InChI is InChI=1S/C14H13N3O5S/c1-7-12(8(2)22-15-7)23(20,21)16-10-6-4-5-9-11(10)14(19)17(3)13(9)18/h4-6,16H,1-3H3. The summed E-state index contributed by atoms with van der Waals surface area (Å²) in [4.78, 5) is 25.0. The van der Waals surface area contributed by atoms with Crippen LogP contribution in [-0.4, -0.2) is 37.3 Å². The zero-order chi connectivity index (χ0) is 16.9. The van der Waals surface area contributed by atoms with E-state index in [0.717, 1.165) is 4.90 Å². The lowest BCUT2D eigenvalue weighted by Crippen LogP contribution is -2.24. The summed E-state index contributed by atoms with van der Waals surface area (Å²) >= 11 is 0. The van der Waals surface area contributed by atoms with Crippen LogP contribution in [0.25, 0.3) is 0 Å². The van der Waals surface area contributed by atoms with Crippen molar-refractivity contribution in [3.05, 3.63) is 40.8 Å². The first-order chi connectivity index (χ1) is 10.7. The Bertz CT molecular complexity index is 926. The van der Waals surface area contributed by atoms with Crippen LogP contribution in [0.2, 0.25) is 0 Å². The fourth-order valence-electron chi connectivity index (χ4n) is 2.54. The van der Waals surface area contributed by atoms with Gasteiger partial charge in [-0.3, -0.25) is 19.2 Å². The van der Waals surface area contributed by atoms with Gasteiger partial charge < -0.3 is 4.52 Å². The predicted octanol–water partition coefficient (Wildman–Crippen LogP) is 1.32. The predicted molar refractivity (Wildman–Crippen MR) is 79.7 cm³/mol. The normalized spacial score (nSPS) is 14.3. The lowest BCUT2D eigenvalue weighted by molar-refractivity contribution is 0.0693. The average molecular weight is 335 g/mol. The summed E-state index contributed by atoms with van der Waals surface area (Å²) in [5.74, 6) is -0.882. The van der Waals surface area contributed by atoms with E-state index in [0.29, 0.717) is 0 Å². The number of rotatable bonds is 3. The molecule has 0 aliphatic carbocycles. The molecule has 0 bridgehead atoms. The van der Waals surface area contributed by atoms with Crippen LogP contribution in [0, 0.1) is 13.8 Å². The molecule has 120 valence electrons. The van der Waals surface area contributed by atoms with E-state index in [1.54, 1.807) is 0 Å². The highest BCUT2D eigenvalue weighted by atomic mass is 32.2. The van der Waals surface area contributed by atoms with Crippen molar-refractivity contribution in [1.82, 2.24) is 10.1 Å². The number of hydrogen-bond acceptors (Lipinski definition) is 6. The van der Waals surface area contributed by atoms with Gasteiger partial charge in [-0.25, -0.2) is 8.42 Å². The Morgan fingerprint density at radius 2 is 1.87 bits per heavy atom. The molecule has 2 amide bonds. The second-order valence-corrected chi connectivity index (χ2v) is 6.78. The Hall–Kier alpha value is -2.68. The second kappa shape index (κ2) is 4.92. The van der Waals surface area contributed by atoms with Gasteiger partial charge in [-0.05, 0) is 26.0 Å². The summed E-state index contributed by atoms with van der Waals surface area (Å²) in [5, 5.41) is 3.61. The largest absolute Gasteiger partial charge is 0.360 e. The number of aryl methyl sites for hydroxylation is 2. The molecule has 0 saturated heterocycles. The van der Waals surface area contributed by atoms with Crippen molar-refractivity contribution in [2.45, 2.75) is 18.7 Å². The first kappa shape index (κ1) is 15.2. The molecule has 3 rings (SSSR count). The maximum Gasteiger partial charge on any atom is 0.267 e. The van der Waals surface area contributed by atoms with E-state index in [-0.39, 0.29) is 33.2 Å². The third-order valence-electron chi connectivity index (χ3n) is 3.60. The Kier molecular flexibility index (Phi) is 3.25. The van der Waals surface area contributed by atoms with Gasteiger partial charge in [0.05, 0.1) is 16.8 Å². The first-order valence-corrected chi connectivity index (χ1v) is 8.13. The summed E-state index contributed by atoms with van der Waals surface area (Å²) in [6.45, 7) is 2.98. The minimum atomic E-state index is -4.00. The molecule has 0 fully saturated rings. The quantitative estimate of drug-likeness (QED) is 0.847. The highest BCUT2D eigenvalue weighted by Gasteiger charge is 2.36. The third-order valence-corrected chi connectivity index (χ3v) is 5.21. The van der Waals surface area contributed by atoms with Crippen LogP contribution in [0.3, 0.4) is 0 Å². The van der Waals surface area contributed by atoms with Crippen LogP contribution < -0.4 is 4.72 Å². The SMILES string of the molecule is Cc1noc(C)c1S(=O)(=O)Nc1cccc2c1C(=O)N(C)C2=O. The number of amides is 2. The zero-order valence-corrected chi connectivity index (χ0v) is 13.4. The number of hydrogen-bond donors (Lipinski definition) is 1. The van der Waals surface area contributed by atoms with E-state index in [2.05, 4.69) is 9.88 Å². The molecule has 0 atom stereocenters. The van der Waals surface area contributed by atoms with E-state index < -0.39 is 21.8 Å². The maximum atomic E-state index is 12.6. The molecule has 1 aliphatic heterocycles. The summed E-state index contributed by atoms with van der Waals surface area (Å²) in [6, 6.07) is 4.42. The van der Waals surface area contributed by atoms with Gasteiger partial charge >= 0.3 is 0 Å². The molecule has 0 spiro atoms. The number of imide groups is 1. The first-order valence-electron chi connectivity index (χ1n) is 6.65. The van der Waals surface area contributed by atoms with Crippen LogP contribution in [-0.2, 0) is 10.0 Å². The molecule has 1 aromatic heterocycles. The van der Waals surface area contributed by atoms with E-state index >= 15 is 0 Å². The van der Waals surface area contributed by atoms with Gasteiger partial charge in [-0.15, -0.1) is 0 Å². The molecule has 23 heavy (non-hydrogen) atoms. The summed E-state index contributed by atoms with van der Waals surface area (Å²) < 4.78 is 32.3. The molecule has 9 heteroatoms. The molecule has 0 unspecified atom stereocenters. The molecular weight excluding hydrogens is 322 g/mol. The minimum Gasteiger partial charge on any atom is -0.360 e. The van der Waals surface area contributed by atoms with Crippen LogP contribution in [0.4, 0.5) is 5.69 Å². The molecule has 1 aromatic carbocycles. The molecule has 1 aliphatic rings. The van der Waals surface area contributed by atoms with Crippen LogP contribution in [0.15, 0.2) is 27.6 Å². The number of carbonyl (C=O) groups excluding carboxylic acids is 2. The minimum absolute atomic E-state index is 0.0373. The summed E-state index contributed by atoms with van der Waals surface area (Å²) in [7, 11) is -2.66. The Morgan fingerprint density at radius 3 is 2.48 bits per heavy atom. The number of nitrogens with one attached hydrogen (secondary N) is 1. The number of benzene rings is 1. The molecule has 2 aromatic rings. The molecule has 8 nitrogen and oxygen atoms in total. The van der Waals surface area contributed by atoms with Crippen LogP contribution >= 0.6 is 0 Å². The Morgan fingerprint density at radius 1 is 1.17 bits per heavy atom. The van der Waals surface area contributed by atoms with Crippen LogP contribution in [0.1, 0.15) is 32.2 Å². The van der Waals surface area contributed by atoms with E-state index in [9.17, 15) is 18.0 Å². The van der Waals surface area contributed by atoms with Crippen molar-refractivity contribution in [2.75, 3.05) is 11.8 Å². The van der Waals surface area contributed by atoms with Gasteiger partial charge in [-0.2, -0.15) is 0 Å². The number of aromatic nitrogens is 1. The van der Waals surface area contributed by atoms with E-state index in [1.807, 2.05) is 0 Å². The smallest absolute Gasteiger partial charge is 0.267 e. The number of fused-ring (bicyclic) bond motifs is 1. The van der Waals surface area contributed by atoms with Gasteiger partial charge in [0, 0.05) is 7.05 Å². The van der Waals surface area contributed by atoms with Crippen molar-refractivity contribution < 1.29 is 22.5 Å². The lowest BCUT2D eigenvalue weighted by atomic mass is 10.1. The number of anilines is 1. The van der Waals surface area contributed by atoms with Crippen molar-refractivity contribution in [3.8, 4) is 0 Å². The monoisotopic (exact) mass is 335 g/mol.